The van der Waals surface area contributed by atoms with Crippen molar-refractivity contribution in [1.29, 1.82) is 0 Å². The number of unbranched alkanes of at least 4 members (excludes halogenated alkanes) is 2. The van der Waals surface area contributed by atoms with E-state index in [9.17, 15) is 9.77 Å². The predicted octanol–water partition coefficient (Wildman–Crippen LogP) is 4.75. The van der Waals surface area contributed by atoms with Crippen LogP contribution in [0.2, 0.25) is 0 Å². The summed E-state index contributed by atoms with van der Waals surface area (Å²) in [5, 5.41) is 12.9. The third kappa shape index (κ3) is 3.70. The van der Waals surface area contributed by atoms with Crippen molar-refractivity contribution < 1.29 is 18.8 Å². The van der Waals surface area contributed by atoms with Gasteiger partial charge in [0.25, 0.3) is 0 Å². The lowest BCUT2D eigenvalue weighted by molar-refractivity contribution is -0.237. The normalized spacial score (nSPS) is 26.4. The molecular formula is C15H31NO4P. The van der Waals surface area contributed by atoms with E-state index in [0.29, 0.717) is 32.5 Å². The summed E-state index contributed by atoms with van der Waals surface area (Å²) in [4.78, 5) is 0. The first-order chi connectivity index (χ1) is 9.79. The van der Waals surface area contributed by atoms with Crippen molar-refractivity contribution >= 4 is 7.60 Å². The van der Waals surface area contributed by atoms with Crippen molar-refractivity contribution in [3.05, 3.63) is 0 Å². The Morgan fingerprint density at radius 1 is 1.05 bits per heavy atom. The molecule has 0 aromatic heterocycles. The van der Waals surface area contributed by atoms with E-state index < -0.39 is 18.4 Å². The van der Waals surface area contributed by atoms with E-state index in [1.165, 1.54) is 0 Å². The second-order valence-electron chi connectivity index (χ2n) is 6.38. The molecule has 0 aromatic carbocycles. The minimum Gasteiger partial charge on any atom is -0.308 e. The maximum absolute atomic E-state index is 13.3. The van der Waals surface area contributed by atoms with E-state index in [2.05, 4.69) is 6.92 Å². The van der Waals surface area contributed by atoms with Gasteiger partial charge >= 0.3 is 7.60 Å². The second kappa shape index (κ2) is 7.56. The molecule has 0 aromatic rings. The van der Waals surface area contributed by atoms with Crippen LogP contribution in [-0.2, 0) is 18.8 Å². The molecule has 125 valence electrons. The Morgan fingerprint density at radius 2 is 1.62 bits per heavy atom. The zero-order chi connectivity index (χ0) is 16.1. The highest BCUT2D eigenvalue weighted by molar-refractivity contribution is 7.55. The maximum Gasteiger partial charge on any atom is 0.353 e. The molecule has 5 nitrogen and oxygen atoms in total. The van der Waals surface area contributed by atoms with Crippen LogP contribution >= 0.6 is 7.60 Å². The van der Waals surface area contributed by atoms with E-state index >= 15 is 0 Å². The molecule has 1 unspecified atom stereocenters. The molecule has 0 N–H and O–H groups in total. The number of nitrogens with zero attached hydrogens (tertiary/aromatic N) is 1. The van der Waals surface area contributed by atoms with Crippen LogP contribution in [0.1, 0.15) is 73.1 Å². The Labute approximate surface area is 129 Å². The van der Waals surface area contributed by atoms with E-state index in [1.54, 1.807) is 13.8 Å². The van der Waals surface area contributed by atoms with Gasteiger partial charge in [0, 0.05) is 5.54 Å². The van der Waals surface area contributed by atoms with Gasteiger partial charge in [-0.3, -0.25) is 4.57 Å². The van der Waals surface area contributed by atoms with E-state index in [1.807, 2.05) is 13.8 Å². The van der Waals surface area contributed by atoms with Gasteiger partial charge in [0.1, 0.15) is 0 Å². The highest BCUT2D eigenvalue weighted by Crippen LogP contribution is 2.68. The lowest BCUT2D eigenvalue weighted by Crippen LogP contribution is -2.49. The molecule has 1 aliphatic rings. The van der Waals surface area contributed by atoms with Crippen LogP contribution in [0.4, 0.5) is 0 Å². The highest BCUT2D eigenvalue weighted by atomic mass is 31.2. The van der Waals surface area contributed by atoms with Gasteiger partial charge in [-0.05, 0) is 47.0 Å². The fraction of sp³-hybridized carbons (Fsp3) is 1.00. The average Bonchev–Trinajstić information content (AvgIpc) is 2.65. The minimum absolute atomic E-state index is 0.293. The Bertz CT molecular complexity index is 365. The molecule has 1 radical (unpaired) electrons. The molecule has 0 amide bonds. The molecule has 1 fully saturated rings. The van der Waals surface area contributed by atoms with Crippen molar-refractivity contribution in [1.82, 2.24) is 5.06 Å². The molecule has 1 saturated heterocycles. The Balaban J connectivity index is 3.14. The molecule has 1 heterocycles. The fourth-order valence-electron chi connectivity index (χ4n) is 3.16. The lowest BCUT2D eigenvalue weighted by atomic mass is 10.0. The monoisotopic (exact) mass is 320 g/mol. The van der Waals surface area contributed by atoms with Crippen LogP contribution in [0.15, 0.2) is 0 Å². The zero-order valence-corrected chi connectivity index (χ0v) is 15.1. The van der Waals surface area contributed by atoms with Gasteiger partial charge in [-0.15, -0.1) is 10.3 Å². The quantitative estimate of drug-likeness (QED) is 0.454. The van der Waals surface area contributed by atoms with Crippen molar-refractivity contribution in [3.63, 3.8) is 0 Å². The smallest absolute Gasteiger partial charge is 0.308 e. The van der Waals surface area contributed by atoms with Crippen LogP contribution in [0, 0.1) is 0 Å². The molecule has 1 rings (SSSR count). The summed E-state index contributed by atoms with van der Waals surface area (Å²) in [5.41, 5.74) is -0.518. The summed E-state index contributed by atoms with van der Waals surface area (Å²) in [7, 11) is -3.46. The number of hydrogen-bond donors (Lipinski definition) is 0. The minimum atomic E-state index is -3.46. The van der Waals surface area contributed by atoms with Crippen LogP contribution in [0.25, 0.3) is 0 Å². The summed E-state index contributed by atoms with van der Waals surface area (Å²) in [6.07, 6.45) is 4.82. The fourth-order valence-corrected chi connectivity index (χ4v) is 5.71. The van der Waals surface area contributed by atoms with Crippen LogP contribution in [0.3, 0.4) is 0 Å². The molecule has 0 bridgehead atoms. The summed E-state index contributed by atoms with van der Waals surface area (Å²) < 4.78 is 24.4. The largest absolute Gasteiger partial charge is 0.353 e. The van der Waals surface area contributed by atoms with Gasteiger partial charge in [-0.25, -0.2) is 0 Å². The van der Waals surface area contributed by atoms with Gasteiger partial charge in [0.2, 0.25) is 0 Å². The van der Waals surface area contributed by atoms with Gasteiger partial charge in [0.15, 0.2) is 5.28 Å². The average molecular weight is 320 g/mol. The third-order valence-corrected chi connectivity index (χ3v) is 7.20. The van der Waals surface area contributed by atoms with Crippen molar-refractivity contribution in [3.8, 4) is 0 Å². The van der Waals surface area contributed by atoms with E-state index in [-0.39, 0.29) is 0 Å². The highest BCUT2D eigenvalue weighted by Gasteiger charge is 2.62. The van der Waals surface area contributed by atoms with Gasteiger partial charge < -0.3 is 9.05 Å². The van der Waals surface area contributed by atoms with Crippen molar-refractivity contribution in [2.45, 2.75) is 84.0 Å². The standard InChI is InChI=1S/C15H31NO4P/c1-6-9-10-11-15(13-12-14(4,5)16(15)17)21(18,19-7-2)20-8-3/h6-13H2,1-5H3. The summed E-state index contributed by atoms with van der Waals surface area (Å²) in [5.74, 6) is 0. The summed E-state index contributed by atoms with van der Waals surface area (Å²) in [6.45, 7) is 10.1. The topological polar surface area (TPSA) is 58.7 Å². The lowest BCUT2D eigenvalue weighted by Gasteiger charge is -2.41. The van der Waals surface area contributed by atoms with Gasteiger partial charge in [-0.1, -0.05) is 26.2 Å². The number of hydrogen-bond acceptors (Lipinski definition) is 4. The molecule has 1 aliphatic heterocycles. The predicted molar refractivity (Wildman–Crippen MR) is 83.6 cm³/mol. The third-order valence-electron chi connectivity index (χ3n) is 4.35. The van der Waals surface area contributed by atoms with Crippen LogP contribution < -0.4 is 0 Å². The molecular weight excluding hydrogens is 289 g/mol. The van der Waals surface area contributed by atoms with Crippen LogP contribution in [-0.4, -0.2) is 29.1 Å². The van der Waals surface area contributed by atoms with Crippen molar-refractivity contribution in [2.24, 2.45) is 0 Å². The zero-order valence-electron chi connectivity index (χ0n) is 14.2. The van der Waals surface area contributed by atoms with E-state index in [0.717, 1.165) is 24.3 Å². The summed E-state index contributed by atoms with van der Waals surface area (Å²) in [6, 6.07) is 0. The Kier molecular flexibility index (Phi) is 6.88. The first kappa shape index (κ1) is 19.1. The molecule has 0 aliphatic carbocycles. The van der Waals surface area contributed by atoms with E-state index in [4.69, 9.17) is 9.05 Å². The Morgan fingerprint density at radius 3 is 2.00 bits per heavy atom. The SMILES string of the molecule is CCCCCC1(P(=O)(OCC)OCC)CCC(C)(C)N1[O]. The molecule has 6 heteroatoms. The van der Waals surface area contributed by atoms with Gasteiger partial charge in [0.05, 0.1) is 13.2 Å². The number of hydroxylamine groups is 2. The molecule has 0 spiro atoms. The Hall–Kier alpha value is 0.0700. The first-order valence-corrected chi connectivity index (χ1v) is 9.70. The van der Waals surface area contributed by atoms with Gasteiger partial charge in [-0.2, -0.15) is 0 Å². The maximum atomic E-state index is 13.3. The van der Waals surface area contributed by atoms with Crippen LogP contribution in [0.5, 0.6) is 0 Å². The summed E-state index contributed by atoms with van der Waals surface area (Å²) >= 11 is 0. The molecule has 21 heavy (non-hydrogen) atoms. The van der Waals surface area contributed by atoms with Crippen molar-refractivity contribution in [2.75, 3.05) is 13.2 Å². The molecule has 0 saturated carbocycles. The molecule has 1 atom stereocenters. The first-order valence-electron chi connectivity index (χ1n) is 8.16. The second-order valence-corrected chi connectivity index (χ2v) is 8.72. The number of rotatable bonds is 9.